The first-order valence-electron chi connectivity index (χ1n) is 7.78. The summed E-state index contributed by atoms with van der Waals surface area (Å²) in [5.74, 6) is -0.105. The van der Waals surface area contributed by atoms with Gasteiger partial charge in [-0.2, -0.15) is 0 Å². The number of halogens is 1. The summed E-state index contributed by atoms with van der Waals surface area (Å²) in [4.78, 5) is 2.52. The van der Waals surface area contributed by atoms with Gasteiger partial charge in [-0.05, 0) is 45.0 Å². The van der Waals surface area contributed by atoms with E-state index >= 15 is 0 Å². The van der Waals surface area contributed by atoms with Crippen molar-refractivity contribution in [1.29, 1.82) is 0 Å². The third-order valence-corrected chi connectivity index (χ3v) is 4.36. The number of aromatic nitrogens is 1. The summed E-state index contributed by atoms with van der Waals surface area (Å²) in [5, 5.41) is 1.02. The highest BCUT2D eigenvalue weighted by Crippen LogP contribution is 2.24. The number of para-hydroxylation sites is 1. The molecule has 3 heteroatoms. The minimum Gasteiger partial charge on any atom is -0.341 e. The molecule has 2 nitrogen and oxygen atoms in total. The number of nitrogens with zero attached hydrogens (tertiary/aromatic N) is 2. The first-order chi connectivity index (χ1) is 9.79. The molecule has 0 N–H and O–H groups in total. The number of benzene rings is 1. The molecule has 0 aliphatic carbocycles. The molecule has 20 heavy (non-hydrogen) atoms. The predicted molar refractivity (Wildman–Crippen MR) is 81.3 cm³/mol. The molecule has 1 aliphatic rings. The number of rotatable bonds is 3. The molecule has 1 saturated heterocycles. The van der Waals surface area contributed by atoms with Crippen molar-refractivity contribution >= 4 is 10.9 Å². The second-order valence-electron chi connectivity index (χ2n) is 5.75. The molecule has 108 valence electrons. The zero-order valence-corrected chi connectivity index (χ0v) is 12.2. The number of likely N-dealkylation sites (tertiary alicyclic amines) is 1. The van der Waals surface area contributed by atoms with Gasteiger partial charge in [0.15, 0.2) is 0 Å². The number of fused-ring (bicyclic) bond motifs is 1. The zero-order valence-electron chi connectivity index (χ0n) is 12.2. The van der Waals surface area contributed by atoms with Crippen molar-refractivity contribution in [3.05, 3.63) is 35.8 Å². The molecule has 0 saturated carbocycles. The second kappa shape index (κ2) is 5.96. The smallest absolute Gasteiger partial charge is 0.147 e. The highest BCUT2D eigenvalue weighted by Gasteiger charge is 2.15. The van der Waals surface area contributed by atoms with Crippen LogP contribution in [-0.4, -0.2) is 22.6 Å². The van der Waals surface area contributed by atoms with Crippen molar-refractivity contribution in [3.8, 4) is 0 Å². The maximum absolute atomic E-state index is 14.1. The van der Waals surface area contributed by atoms with Crippen molar-refractivity contribution in [2.24, 2.45) is 0 Å². The number of aryl methyl sites for hydroxylation is 1. The molecule has 1 fully saturated rings. The Balaban J connectivity index is 1.92. The van der Waals surface area contributed by atoms with Crippen LogP contribution in [-0.2, 0) is 13.1 Å². The van der Waals surface area contributed by atoms with Crippen molar-refractivity contribution in [2.75, 3.05) is 13.1 Å². The van der Waals surface area contributed by atoms with E-state index in [1.807, 2.05) is 6.07 Å². The van der Waals surface area contributed by atoms with Crippen LogP contribution in [0, 0.1) is 5.82 Å². The molecule has 1 aliphatic heterocycles. The summed E-state index contributed by atoms with van der Waals surface area (Å²) in [7, 11) is 0. The highest BCUT2D eigenvalue weighted by molar-refractivity contribution is 5.81. The van der Waals surface area contributed by atoms with Gasteiger partial charge in [-0.15, -0.1) is 0 Å². The zero-order chi connectivity index (χ0) is 13.9. The summed E-state index contributed by atoms with van der Waals surface area (Å²) < 4.78 is 16.2. The van der Waals surface area contributed by atoms with Crippen LogP contribution < -0.4 is 0 Å². The minimum absolute atomic E-state index is 0.105. The summed E-state index contributed by atoms with van der Waals surface area (Å²) in [6.45, 7) is 6.22. The standard InChI is InChI=1S/C17H23FN2/c1-2-20-15(13-19-10-5-3-4-6-11-19)12-14-8-7-9-16(18)17(14)20/h7-9,12H,2-6,10-11,13H2,1H3. The Hall–Kier alpha value is -1.35. The van der Waals surface area contributed by atoms with E-state index < -0.39 is 0 Å². The van der Waals surface area contributed by atoms with E-state index in [-0.39, 0.29) is 5.82 Å². The summed E-state index contributed by atoms with van der Waals surface area (Å²) >= 11 is 0. The molecule has 0 spiro atoms. The van der Waals surface area contributed by atoms with E-state index in [4.69, 9.17) is 0 Å². The second-order valence-corrected chi connectivity index (χ2v) is 5.75. The molecule has 2 aromatic rings. The van der Waals surface area contributed by atoms with Crippen LogP contribution >= 0.6 is 0 Å². The minimum atomic E-state index is -0.105. The molecule has 1 aromatic carbocycles. The summed E-state index contributed by atoms with van der Waals surface area (Å²) in [6.07, 6.45) is 5.28. The van der Waals surface area contributed by atoms with Crippen LogP contribution in [0.25, 0.3) is 10.9 Å². The van der Waals surface area contributed by atoms with Crippen LogP contribution in [0.1, 0.15) is 38.3 Å². The average molecular weight is 274 g/mol. The molecule has 0 radical (unpaired) electrons. The Labute approximate surface area is 120 Å². The van der Waals surface area contributed by atoms with E-state index in [9.17, 15) is 4.39 Å². The van der Waals surface area contributed by atoms with Crippen LogP contribution in [0.2, 0.25) is 0 Å². The normalized spacial score (nSPS) is 17.5. The monoisotopic (exact) mass is 274 g/mol. The van der Waals surface area contributed by atoms with Gasteiger partial charge in [0.25, 0.3) is 0 Å². The fraction of sp³-hybridized carbons (Fsp3) is 0.529. The van der Waals surface area contributed by atoms with Gasteiger partial charge in [-0.3, -0.25) is 4.90 Å². The Morgan fingerprint density at radius 1 is 1.10 bits per heavy atom. The largest absolute Gasteiger partial charge is 0.341 e. The SMILES string of the molecule is CCn1c(CN2CCCCCC2)cc2cccc(F)c21. The van der Waals surface area contributed by atoms with Gasteiger partial charge in [0, 0.05) is 24.2 Å². The molecule has 0 amide bonds. The van der Waals surface area contributed by atoms with Crippen LogP contribution in [0.3, 0.4) is 0 Å². The topological polar surface area (TPSA) is 8.17 Å². The summed E-state index contributed by atoms with van der Waals surface area (Å²) in [5.41, 5.74) is 2.01. The van der Waals surface area contributed by atoms with Gasteiger partial charge in [0.2, 0.25) is 0 Å². The van der Waals surface area contributed by atoms with Gasteiger partial charge >= 0.3 is 0 Å². The molecular formula is C17H23FN2. The van der Waals surface area contributed by atoms with Gasteiger partial charge in [0.1, 0.15) is 5.82 Å². The first kappa shape index (κ1) is 13.6. The Morgan fingerprint density at radius 3 is 2.55 bits per heavy atom. The Morgan fingerprint density at radius 2 is 1.85 bits per heavy atom. The maximum atomic E-state index is 14.1. The Bertz CT molecular complexity index is 580. The van der Waals surface area contributed by atoms with Crippen molar-refractivity contribution < 1.29 is 4.39 Å². The van der Waals surface area contributed by atoms with Gasteiger partial charge in [-0.1, -0.05) is 25.0 Å². The van der Waals surface area contributed by atoms with Crippen molar-refractivity contribution in [1.82, 2.24) is 9.47 Å². The van der Waals surface area contributed by atoms with Crippen LogP contribution in [0.15, 0.2) is 24.3 Å². The maximum Gasteiger partial charge on any atom is 0.147 e. The van der Waals surface area contributed by atoms with Crippen molar-refractivity contribution in [2.45, 2.75) is 45.7 Å². The lowest BCUT2D eigenvalue weighted by molar-refractivity contribution is 0.270. The molecule has 3 rings (SSSR count). The van der Waals surface area contributed by atoms with Gasteiger partial charge < -0.3 is 4.57 Å². The van der Waals surface area contributed by atoms with Crippen molar-refractivity contribution in [3.63, 3.8) is 0 Å². The third kappa shape index (κ3) is 2.59. The lowest BCUT2D eigenvalue weighted by Crippen LogP contribution is -2.25. The predicted octanol–water partition coefficient (Wildman–Crippen LogP) is 4.18. The fourth-order valence-corrected chi connectivity index (χ4v) is 3.35. The van der Waals surface area contributed by atoms with E-state index in [0.717, 1.165) is 24.0 Å². The van der Waals surface area contributed by atoms with Gasteiger partial charge in [-0.25, -0.2) is 4.39 Å². The molecular weight excluding hydrogens is 251 g/mol. The highest BCUT2D eigenvalue weighted by atomic mass is 19.1. The fourth-order valence-electron chi connectivity index (χ4n) is 3.35. The molecule has 1 aromatic heterocycles. The average Bonchev–Trinajstić information content (AvgIpc) is 2.61. The van der Waals surface area contributed by atoms with Gasteiger partial charge in [0.05, 0.1) is 5.52 Å². The quantitative estimate of drug-likeness (QED) is 0.815. The van der Waals surface area contributed by atoms with Crippen LogP contribution in [0.5, 0.6) is 0 Å². The number of hydrogen-bond donors (Lipinski definition) is 0. The summed E-state index contributed by atoms with van der Waals surface area (Å²) in [6, 6.07) is 7.53. The number of hydrogen-bond acceptors (Lipinski definition) is 1. The van der Waals surface area contributed by atoms with Crippen LogP contribution in [0.4, 0.5) is 4.39 Å². The lowest BCUT2D eigenvalue weighted by Gasteiger charge is -2.20. The molecule has 2 heterocycles. The van der Waals surface area contributed by atoms with E-state index in [1.54, 1.807) is 12.1 Å². The van der Waals surface area contributed by atoms with E-state index in [0.29, 0.717) is 0 Å². The first-order valence-corrected chi connectivity index (χ1v) is 7.78. The van der Waals surface area contributed by atoms with E-state index in [2.05, 4.69) is 22.5 Å². The molecule has 0 bridgehead atoms. The third-order valence-electron chi connectivity index (χ3n) is 4.36. The molecule has 0 unspecified atom stereocenters. The molecule has 0 atom stereocenters. The lowest BCUT2D eigenvalue weighted by atomic mass is 10.2. The Kier molecular flexibility index (Phi) is 4.06. The van der Waals surface area contributed by atoms with E-state index in [1.165, 1.54) is 44.5 Å².